The van der Waals surface area contributed by atoms with Crippen molar-refractivity contribution < 1.29 is 42.7 Å². The van der Waals surface area contributed by atoms with Crippen LogP contribution in [0.3, 0.4) is 0 Å². The number of allylic oxidation sites excluding steroid dienone is 2. The summed E-state index contributed by atoms with van der Waals surface area (Å²) in [5.41, 5.74) is 2.16. The first-order valence-corrected chi connectivity index (χ1v) is 36.5. The Kier molecular flexibility index (Phi) is 22.7. The second kappa shape index (κ2) is 29.9. The summed E-state index contributed by atoms with van der Waals surface area (Å²) in [6.45, 7) is 26.5. The van der Waals surface area contributed by atoms with Gasteiger partial charge in [0.15, 0.2) is 10.3 Å². The maximum atomic E-state index is 15.9. The molecule has 4 saturated heterocycles. The van der Waals surface area contributed by atoms with E-state index in [-0.39, 0.29) is 70.4 Å². The quantitative estimate of drug-likeness (QED) is 0.137. The molecule has 2 N–H and O–H groups in total. The lowest BCUT2D eigenvalue weighted by atomic mass is 9.81. The number of hydrogen-bond donors (Lipinski definition) is 2. The molecule has 12 rings (SSSR count). The minimum absolute atomic E-state index is 0.00265. The van der Waals surface area contributed by atoms with Gasteiger partial charge in [0, 0.05) is 120 Å². The highest BCUT2D eigenvalue weighted by Gasteiger charge is 2.57. The molecule has 0 aromatic heterocycles. The SMILES string of the molecule is CC(C)C1=C(C(=O)O)SC2=NC(C)(c3ccc(Cl)cc3)C(c3ccc(Cl)cc3F)N21.CC[C@@H]1CC[C@@H](C(=O)N2CCN(C(C)=O)[C@H](C)C2)N1.CC[C@@H]1CC[C@@H](C(=O)N2CCN(C(C)=O)[C@H](C)C2)N1C(=O)C1=C(C(C)C)N2C(=N[C@@](C)(c3ccc(Cl)cc3)[C@H]2c2ccc(Cl)cc2F)S1. The highest BCUT2D eigenvalue weighted by Crippen LogP contribution is 2.59. The number of nitrogens with one attached hydrogen (secondary N) is 1. The Hall–Kier alpha value is -6.20. The number of piperazine rings is 2. The number of nitrogens with zero attached hydrogens (tertiary/aromatic N) is 9. The molecule has 2 unspecified atom stereocenters. The zero-order chi connectivity index (χ0) is 70.4. The Labute approximate surface area is 596 Å². The van der Waals surface area contributed by atoms with E-state index in [1.54, 1.807) is 72.2 Å². The van der Waals surface area contributed by atoms with Crippen molar-refractivity contribution in [3.8, 4) is 0 Å². The number of carbonyl (C=O) groups excluding carboxylic acids is 5. The number of halogens is 6. The van der Waals surface area contributed by atoms with Crippen molar-refractivity contribution in [2.75, 3.05) is 39.3 Å². The van der Waals surface area contributed by atoms with E-state index in [0.29, 0.717) is 104 Å². The lowest BCUT2D eigenvalue weighted by molar-refractivity contribution is -0.147. The smallest absolute Gasteiger partial charge is 0.344 e. The van der Waals surface area contributed by atoms with Crippen LogP contribution in [0.25, 0.3) is 0 Å². The number of hydrogen-bond acceptors (Lipinski definition) is 13. The molecular weight excluding hydrogens is 1360 g/mol. The highest BCUT2D eigenvalue weighted by atomic mass is 35.5. The zero-order valence-electron chi connectivity index (χ0n) is 56.8. The molecule has 0 radical (unpaired) electrons. The average Bonchev–Trinajstić information content (AvgIpc) is 1.56. The van der Waals surface area contributed by atoms with Crippen LogP contribution in [-0.2, 0) is 39.8 Å². The zero-order valence-corrected chi connectivity index (χ0v) is 61.5. The Morgan fingerprint density at radius 3 is 1.42 bits per heavy atom. The number of carboxylic acids is 1. The average molecular weight is 1450 g/mol. The molecule has 25 heteroatoms. The van der Waals surface area contributed by atoms with E-state index in [9.17, 15) is 33.9 Å². The van der Waals surface area contributed by atoms with E-state index in [1.165, 1.54) is 23.9 Å². The summed E-state index contributed by atoms with van der Waals surface area (Å²) >= 11 is 26.9. The summed E-state index contributed by atoms with van der Waals surface area (Å²) in [6, 6.07) is 22.6. The van der Waals surface area contributed by atoms with Gasteiger partial charge in [-0.25, -0.2) is 23.6 Å². The first-order valence-electron chi connectivity index (χ1n) is 33.4. The van der Waals surface area contributed by atoms with Gasteiger partial charge < -0.3 is 44.7 Å². The number of carboxylic acid groups (broad SMARTS) is 1. The number of carbonyl (C=O) groups is 6. The number of fused-ring (bicyclic) bond motifs is 2. The van der Waals surface area contributed by atoms with Gasteiger partial charge in [-0.1, -0.05) is 124 Å². The first-order chi connectivity index (χ1) is 45.9. The summed E-state index contributed by atoms with van der Waals surface area (Å²) in [5, 5.41) is 16.1. The number of amides is 5. The predicted octanol–water partition coefficient (Wildman–Crippen LogP) is 14.3. The Bertz CT molecular complexity index is 3860. The highest BCUT2D eigenvalue weighted by molar-refractivity contribution is 8.18. The van der Waals surface area contributed by atoms with Gasteiger partial charge in [0.05, 0.1) is 18.1 Å². The van der Waals surface area contributed by atoms with E-state index in [1.807, 2.05) is 111 Å². The fraction of sp³-hybridized carbons (Fsp3) is 0.500. The minimum Gasteiger partial charge on any atom is -0.477 e. The fourth-order valence-electron chi connectivity index (χ4n) is 15.2. The third kappa shape index (κ3) is 14.6. The molecule has 0 spiro atoms. The number of amidine groups is 2. The van der Waals surface area contributed by atoms with Crippen molar-refractivity contribution >= 4 is 116 Å². The fourth-order valence-corrected chi connectivity index (χ4v) is 18.4. The third-order valence-corrected chi connectivity index (χ3v) is 23.2. The summed E-state index contributed by atoms with van der Waals surface area (Å²) in [6.07, 6.45) is 5.15. The maximum absolute atomic E-state index is 15.9. The molecule has 8 heterocycles. The number of thioether (sulfide) groups is 2. The molecule has 8 aliphatic heterocycles. The van der Waals surface area contributed by atoms with Crippen LogP contribution in [-0.4, -0.2) is 161 Å². The largest absolute Gasteiger partial charge is 0.477 e. The van der Waals surface area contributed by atoms with Crippen molar-refractivity contribution in [1.82, 2.24) is 39.6 Å². The normalized spacial score (nSPS) is 26.9. The molecule has 0 saturated carbocycles. The van der Waals surface area contributed by atoms with Crippen molar-refractivity contribution in [3.63, 3.8) is 0 Å². The van der Waals surface area contributed by atoms with Gasteiger partial charge in [-0.15, -0.1) is 0 Å². The molecule has 10 atom stereocenters. The van der Waals surface area contributed by atoms with Gasteiger partial charge in [-0.2, -0.15) is 0 Å². The van der Waals surface area contributed by atoms with Crippen LogP contribution in [0.5, 0.6) is 0 Å². The molecule has 5 amide bonds. The minimum atomic E-state index is -1.01. The van der Waals surface area contributed by atoms with E-state index >= 15 is 8.78 Å². The number of aliphatic carboxylic acids is 1. The Morgan fingerprint density at radius 1 is 0.598 bits per heavy atom. The van der Waals surface area contributed by atoms with E-state index in [2.05, 4.69) is 12.2 Å². The van der Waals surface area contributed by atoms with Crippen LogP contribution in [0.15, 0.2) is 116 Å². The molecule has 17 nitrogen and oxygen atoms in total. The standard InChI is InChI=1S/C36H42Cl2FN5O3S.C22H19Cl2FN2O2S.C14H25N3O2/c1-7-26-13-15-29(33(46)41-16-17-42(22(5)45)21(4)19-41)43(26)34(47)31-30(20(2)3)44-32(27-14-12-25(38)18-28(27)39)36(6,40-35(44)48-31)23-8-10-24(37)11-9-23;1-11(2)17-18(20(28)29)30-21-26-22(3,12-4-6-13(23)7-5-12)19(27(17)21)15-9-8-14(24)10-16(15)25;1-4-12-5-6-13(15-12)14(19)16-7-8-17(11(3)18)10(2)9-16/h8-12,14,18,20-21,26,29,32H,7,13,15-17,19H2,1-6H3;4-11,19H,1-3H3,(H,28,29);10,12-13,15H,4-9H2,1-3H3/t21-,26-,29+,32-,36+;;10-,12-,13+/m1.1/s1. The van der Waals surface area contributed by atoms with Gasteiger partial charge in [0.1, 0.15) is 38.6 Å². The summed E-state index contributed by atoms with van der Waals surface area (Å²) in [5.74, 6) is -2.08. The second-order valence-electron chi connectivity index (χ2n) is 27.2. The van der Waals surface area contributed by atoms with Gasteiger partial charge >= 0.3 is 5.97 Å². The Balaban J connectivity index is 0.000000176. The molecule has 97 heavy (non-hydrogen) atoms. The van der Waals surface area contributed by atoms with Crippen LogP contribution in [0, 0.1) is 23.5 Å². The van der Waals surface area contributed by atoms with Crippen LogP contribution in [0.4, 0.5) is 8.78 Å². The molecule has 8 aliphatic rings. The van der Waals surface area contributed by atoms with Gasteiger partial charge in [0.25, 0.3) is 5.91 Å². The van der Waals surface area contributed by atoms with E-state index in [0.717, 1.165) is 60.7 Å². The third-order valence-electron chi connectivity index (χ3n) is 20.1. The lowest BCUT2D eigenvalue weighted by Crippen LogP contribution is -2.58. The number of aliphatic imine (C=N–C) groups is 2. The van der Waals surface area contributed by atoms with Crippen molar-refractivity contribution in [2.45, 2.75) is 181 Å². The van der Waals surface area contributed by atoms with Crippen molar-refractivity contribution in [1.29, 1.82) is 0 Å². The second-order valence-corrected chi connectivity index (χ2v) is 30.9. The number of rotatable bonds is 12. The van der Waals surface area contributed by atoms with E-state index in [4.69, 9.17) is 56.4 Å². The summed E-state index contributed by atoms with van der Waals surface area (Å²) in [7, 11) is 0. The van der Waals surface area contributed by atoms with Crippen molar-refractivity contribution in [3.05, 3.63) is 160 Å². The lowest BCUT2D eigenvalue weighted by Gasteiger charge is -2.41. The van der Waals surface area contributed by atoms with Crippen LogP contribution < -0.4 is 5.32 Å². The predicted molar refractivity (Wildman–Crippen MR) is 382 cm³/mol. The van der Waals surface area contributed by atoms with Gasteiger partial charge in [-0.05, 0) is 161 Å². The van der Waals surface area contributed by atoms with Crippen LogP contribution in [0.1, 0.15) is 156 Å². The van der Waals surface area contributed by atoms with Crippen LogP contribution >= 0.6 is 69.9 Å². The molecule has 4 fully saturated rings. The number of likely N-dealkylation sites (tertiary alicyclic amines) is 1. The van der Waals surface area contributed by atoms with Crippen molar-refractivity contribution in [2.24, 2.45) is 21.8 Å². The monoisotopic (exact) mass is 1440 g/mol. The summed E-state index contributed by atoms with van der Waals surface area (Å²) in [4.78, 5) is 101. The summed E-state index contributed by atoms with van der Waals surface area (Å²) < 4.78 is 31.0. The van der Waals surface area contributed by atoms with Crippen LogP contribution in [0.2, 0.25) is 20.1 Å². The Morgan fingerprint density at radius 2 is 1.03 bits per heavy atom. The molecular formula is C72H86Cl4F2N10O7S2. The molecule has 0 bridgehead atoms. The first kappa shape index (κ1) is 73.5. The maximum Gasteiger partial charge on any atom is 0.344 e. The van der Waals surface area contributed by atoms with Gasteiger partial charge in [0.2, 0.25) is 23.6 Å². The molecule has 520 valence electrons. The van der Waals surface area contributed by atoms with Gasteiger partial charge in [-0.3, -0.25) is 24.0 Å². The topological polar surface area (TPSA) is 182 Å². The van der Waals surface area contributed by atoms with E-state index < -0.39 is 46.8 Å². The molecule has 4 aromatic rings. The molecule has 4 aromatic carbocycles. The molecule has 0 aliphatic carbocycles. The number of benzene rings is 4.